The first kappa shape index (κ1) is 32.8. The topological polar surface area (TPSA) is 77.5 Å². The number of nitrogens with one attached hydrogen (secondary N) is 1. The number of hydrogen-bond acceptors (Lipinski definition) is 6. The van der Waals surface area contributed by atoms with Crippen molar-refractivity contribution in [1.82, 2.24) is 10.3 Å². The summed E-state index contributed by atoms with van der Waals surface area (Å²) < 4.78 is 62.1. The molecule has 1 aliphatic heterocycles. The number of piperidine rings is 1. The molecule has 2 unspecified atom stereocenters. The monoisotopic (exact) mass is 576 g/mol. The first-order valence-electron chi connectivity index (χ1n) is 11.0. The highest BCUT2D eigenvalue weighted by Gasteiger charge is 2.29. The Kier molecular flexibility index (Phi) is 13.2. The number of benzene rings is 2. The molecule has 2 heterocycles. The zero-order valence-corrected chi connectivity index (χ0v) is 22.0. The number of carbonyl (C=O) groups excluding carboxylic acids is 2. The molecule has 206 valence electrons. The largest absolute Gasteiger partial charge is 0.469 e. The fraction of sp³-hybridized carbons (Fsp3) is 0.269. The molecule has 0 bridgehead atoms. The van der Waals surface area contributed by atoms with Crippen LogP contribution in [0.4, 0.5) is 17.6 Å². The number of methoxy groups -OCH3 is 2. The Labute approximate surface area is 229 Å². The Morgan fingerprint density at radius 1 is 0.895 bits per heavy atom. The van der Waals surface area contributed by atoms with E-state index in [1.807, 2.05) is 0 Å². The molecule has 6 nitrogen and oxygen atoms in total. The summed E-state index contributed by atoms with van der Waals surface area (Å²) >= 11 is 0. The summed E-state index contributed by atoms with van der Waals surface area (Å²) in [5.74, 6) is -3.63. The molecule has 3 aromatic rings. The highest BCUT2D eigenvalue weighted by atomic mass is 35.5. The Morgan fingerprint density at radius 3 is 2.16 bits per heavy atom. The third-order valence-electron chi connectivity index (χ3n) is 5.66. The van der Waals surface area contributed by atoms with Crippen LogP contribution >= 0.6 is 24.8 Å². The van der Waals surface area contributed by atoms with Gasteiger partial charge in [0.1, 0.15) is 23.3 Å². The van der Waals surface area contributed by atoms with Gasteiger partial charge in [0.25, 0.3) is 0 Å². The minimum absolute atomic E-state index is 0. The second-order valence-electron chi connectivity index (χ2n) is 7.96. The zero-order valence-electron chi connectivity index (χ0n) is 20.4. The molecular formula is C26H26Cl2F4N2O4. The summed E-state index contributed by atoms with van der Waals surface area (Å²) in [5, 5.41) is 3.13. The molecule has 1 aromatic heterocycles. The average molecular weight is 577 g/mol. The minimum atomic E-state index is -0.732. The van der Waals surface area contributed by atoms with Crippen molar-refractivity contribution in [3.8, 4) is 11.3 Å². The third kappa shape index (κ3) is 8.41. The third-order valence-corrected chi connectivity index (χ3v) is 5.66. The van der Waals surface area contributed by atoms with E-state index in [1.165, 1.54) is 50.7 Å². The van der Waals surface area contributed by atoms with Gasteiger partial charge in [0, 0.05) is 35.5 Å². The standard InChI is InChI=1S/C13H15F2NO2.C13H9F2NO2.2ClH/c2*1-18-13(17)8-4-5-16-12(6-8)10-3-2-9(14)7-11(10)15;;/h2-3,7-8,12,16H,4-6H2,1H3;2-7H,1H3;2*1H. The van der Waals surface area contributed by atoms with Gasteiger partial charge in [0.2, 0.25) is 0 Å². The van der Waals surface area contributed by atoms with E-state index < -0.39 is 29.2 Å². The quantitative estimate of drug-likeness (QED) is 0.311. The molecule has 1 aliphatic rings. The maximum Gasteiger partial charge on any atom is 0.337 e. The average Bonchev–Trinajstić information content (AvgIpc) is 2.88. The van der Waals surface area contributed by atoms with Crippen LogP contribution < -0.4 is 5.32 Å². The SMILES string of the molecule is COC(=O)C1CCNC(c2ccc(F)cc2F)C1.COC(=O)c1ccnc(-c2ccc(F)cc2F)c1.Cl.Cl. The van der Waals surface area contributed by atoms with Crippen LogP contribution in [0, 0.1) is 29.2 Å². The lowest BCUT2D eigenvalue weighted by Crippen LogP contribution is -2.35. The second-order valence-corrected chi connectivity index (χ2v) is 7.96. The minimum Gasteiger partial charge on any atom is -0.469 e. The van der Waals surface area contributed by atoms with Gasteiger partial charge in [-0.1, -0.05) is 6.07 Å². The van der Waals surface area contributed by atoms with Crippen molar-refractivity contribution < 1.29 is 36.6 Å². The smallest absolute Gasteiger partial charge is 0.337 e. The van der Waals surface area contributed by atoms with E-state index in [0.717, 1.165) is 18.2 Å². The molecule has 2 atom stereocenters. The summed E-state index contributed by atoms with van der Waals surface area (Å²) in [4.78, 5) is 26.8. The Bertz CT molecular complexity index is 1250. The van der Waals surface area contributed by atoms with Gasteiger partial charge in [-0.15, -0.1) is 24.8 Å². The molecule has 1 N–H and O–H groups in total. The molecule has 1 fully saturated rings. The van der Waals surface area contributed by atoms with Crippen molar-refractivity contribution in [3.63, 3.8) is 0 Å². The highest BCUT2D eigenvalue weighted by Crippen LogP contribution is 2.29. The Hall–Kier alpha value is -3.21. The van der Waals surface area contributed by atoms with Gasteiger partial charge in [0.05, 0.1) is 31.4 Å². The number of nitrogens with zero attached hydrogens (tertiary/aromatic N) is 1. The molecule has 0 spiro atoms. The van der Waals surface area contributed by atoms with Gasteiger partial charge in [-0.2, -0.15) is 0 Å². The number of esters is 2. The van der Waals surface area contributed by atoms with Crippen LogP contribution in [0.25, 0.3) is 11.3 Å². The van der Waals surface area contributed by atoms with Crippen molar-refractivity contribution >= 4 is 36.8 Å². The normalized spacial score (nSPS) is 16.1. The molecule has 0 amide bonds. The lowest BCUT2D eigenvalue weighted by atomic mass is 9.88. The molecule has 12 heteroatoms. The van der Waals surface area contributed by atoms with E-state index >= 15 is 0 Å². The van der Waals surface area contributed by atoms with Gasteiger partial charge >= 0.3 is 11.9 Å². The number of rotatable bonds is 4. The number of aromatic nitrogens is 1. The first-order valence-corrected chi connectivity index (χ1v) is 11.0. The predicted octanol–water partition coefficient (Wildman–Crippen LogP) is 5.84. The van der Waals surface area contributed by atoms with Crippen LogP contribution in [0.5, 0.6) is 0 Å². The summed E-state index contributed by atoms with van der Waals surface area (Å²) in [6, 6.07) is 9.24. The summed E-state index contributed by atoms with van der Waals surface area (Å²) in [7, 11) is 2.60. The molecule has 4 rings (SSSR count). The summed E-state index contributed by atoms with van der Waals surface area (Å²) in [5.41, 5.74) is 1.02. The van der Waals surface area contributed by atoms with E-state index in [2.05, 4.69) is 15.0 Å². The van der Waals surface area contributed by atoms with Crippen molar-refractivity contribution in [2.75, 3.05) is 20.8 Å². The van der Waals surface area contributed by atoms with Crippen molar-refractivity contribution in [2.24, 2.45) is 5.92 Å². The lowest BCUT2D eigenvalue weighted by Gasteiger charge is -2.29. The van der Waals surface area contributed by atoms with Gasteiger partial charge in [0.15, 0.2) is 0 Å². The van der Waals surface area contributed by atoms with E-state index in [4.69, 9.17) is 4.74 Å². The van der Waals surface area contributed by atoms with Crippen LogP contribution in [-0.4, -0.2) is 37.7 Å². The molecule has 38 heavy (non-hydrogen) atoms. The fourth-order valence-corrected chi connectivity index (χ4v) is 3.84. The maximum absolute atomic E-state index is 13.6. The van der Waals surface area contributed by atoms with Gasteiger partial charge in [-0.3, -0.25) is 9.78 Å². The number of carbonyl (C=O) groups is 2. The number of pyridine rings is 1. The van der Waals surface area contributed by atoms with E-state index in [9.17, 15) is 27.2 Å². The van der Waals surface area contributed by atoms with Crippen LogP contribution in [0.2, 0.25) is 0 Å². The molecule has 1 saturated heterocycles. The van der Waals surface area contributed by atoms with Crippen LogP contribution in [0.3, 0.4) is 0 Å². The first-order chi connectivity index (χ1) is 17.2. The zero-order chi connectivity index (χ0) is 26.2. The Morgan fingerprint density at radius 2 is 1.55 bits per heavy atom. The maximum atomic E-state index is 13.6. The number of ether oxygens (including phenoxy) is 2. The molecule has 2 aromatic carbocycles. The van der Waals surface area contributed by atoms with Crippen molar-refractivity contribution in [1.29, 1.82) is 0 Å². The number of hydrogen-bond donors (Lipinski definition) is 1. The second kappa shape index (κ2) is 15.3. The van der Waals surface area contributed by atoms with E-state index in [0.29, 0.717) is 24.9 Å². The molecule has 0 radical (unpaired) electrons. The van der Waals surface area contributed by atoms with Crippen LogP contribution in [-0.2, 0) is 14.3 Å². The Balaban J connectivity index is 0.000000361. The van der Waals surface area contributed by atoms with Gasteiger partial charge in [-0.25, -0.2) is 22.4 Å². The lowest BCUT2D eigenvalue weighted by molar-refractivity contribution is -0.146. The van der Waals surface area contributed by atoms with Gasteiger partial charge in [-0.05, 0) is 49.7 Å². The highest BCUT2D eigenvalue weighted by molar-refractivity contribution is 5.90. The fourth-order valence-electron chi connectivity index (χ4n) is 3.84. The molecule has 0 saturated carbocycles. The van der Waals surface area contributed by atoms with E-state index in [1.54, 1.807) is 0 Å². The molecular weight excluding hydrogens is 551 g/mol. The van der Waals surface area contributed by atoms with Crippen LogP contribution in [0.15, 0.2) is 54.7 Å². The van der Waals surface area contributed by atoms with Crippen molar-refractivity contribution in [3.05, 3.63) is 89.1 Å². The van der Waals surface area contributed by atoms with Crippen molar-refractivity contribution in [2.45, 2.75) is 18.9 Å². The molecule has 0 aliphatic carbocycles. The summed E-state index contributed by atoms with van der Waals surface area (Å²) in [6.07, 6.45) is 2.51. The van der Waals surface area contributed by atoms with Crippen LogP contribution in [0.1, 0.15) is 34.8 Å². The predicted molar refractivity (Wildman–Crippen MR) is 137 cm³/mol. The van der Waals surface area contributed by atoms with Gasteiger partial charge < -0.3 is 14.8 Å². The van der Waals surface area contributed by atoms with E-state index in [-0.39, 0.29) is 59.6 Å². The summed E-state index contributed by atoms with van der Waals surface area (Å²) in [6.45, 7) is 0.612. The number of halogens is 6.